The van der Waals surface area contributed by atoms with Crippen LogP contribution in [-0.4, -0.2) is 120 Å². The number of anilines is 3. The van der Waals surface area contributed by atoms with Crippen LogP contribution < -0.4 is 57.6 Å². The number of nitrogens with zero attached hydrogens (tertiary/aromatic N) is 11. The molecule has 0 atom stereocenters. The molecule has 4 N–H and O–H groups in total. The van der Waals surface area contributed by atoms with E-state index in [4.69, 9.17) is 37.9 Å². The lowest BCUT2D eigenvalue weighted by molar-refractivity contribution is 0.198. The molecule has 0 unspecified atom stereocenters. The van der Waals surface area contributed by atoms with Gasteiger partial charge >= 0.3 is 0 Å². The van der Waals surface area contributed by atoms with Crippen LogP contribution in [0.15, 0.2) is 220 Å². The first kappa shape index (κ1) is 78.3. The molecule has 12 aromatic rings. The SMILES string of the molecule is COc1ccccc1Oc1c(NS(=O)(=O)c2ccc(C(C)(C)C)cc2)nc(-c2ncccn2)[nH]c1=O.COc1ccccc1Oc1c(NS(=O)(=O)c2ccc(C(C)(C)C)cc2)nc(-c2ncccn2)nc1OCCOc1nc(-c2ncccn2)nc(NS(=O)(=O)c2ccc(C(C)(C)C)cc2)c1Oc1ccccc1OC. The number of hydrogen-bond donors (Lipinski definition) is 4. The second-order valence-electron chi connectivity index (χ2n) is 27.0. The fraction of sp³-hybridized carbons (Fsp3) is 0.221. The second kappa shape index (κ2) is 33.2. The minimum absolute atomic E-state index is 0.00154. The maximum Gasteiger partial charge on any atom is 0.296 e. The summed E-state index contributed by atoms with van der Waals surface area (Å²) in [6.45, 7) is 17.5. The Hall–Kier alpha value is -12.8. The molecule has 0 amide bonds. The quantitative estimate of drug-likeness (QED) is 0.0366. The summed E-state index contributed by atoms with van der Waals surface area (Å²) in [5.74, 6) is -1.09. The largest absolute Gasteiger partial charge is 0.493 e. The number of rotatable bonds is 26. The van der Waals surface area contributed by atoms with Gasteiger partial charge in [0, 0.05) is 37.2 Å². The minimum atomic E-state index is -4.36. The summed E-state index contributed by atoms with van der Waals surface area (Å²) in [5.41, 5.74) is 1.44. The number of H-pyrrole nitrogens is 1. The van der Waals surface area contributed by atoms with E-state index in [1.807, 2.05) is 62.3 Å². The molecule has 6 aromatic heterocycles. The molecule has 110 heavy (non-hydrogen) atoms. The van der Waals surface area contributed by atoms with Crippen molar-refractivity contribution in [2.75, 3.05) is 48.7 Å². The lowest BCUT2D eigenvalue weighted by Crippen LogP contribution is -2.20. The Morgan fingerprint density at radius 2 is 0.618 bits per heavy atom. The third-order valence-electron chi connectivity index (χ3n) is 16.0. The summed E-state index contributed by atoms with van der Waals surface area (Å²) in [7, 11) is -8.51. The smallest absolute Gasteiger partial charge is 0.296 e. The third-order valence-corrected chi connectivity index (χ3v) is 20.1. The molecule has 6 aromatic carbocycles. The number of ether oxygens (including phenoxy) is 8. The molecule has 0 fully saturated rings. The van der Waals surface area contributed by atoms with Crippen LogP contribution in [0.5, 0.6) is 63.5 Å². The first-order valence-corrected chi connectivity index (χ1v) is 38.2. The Bertz CT molecular complexity index is 5420. The van der Waals surface area contributed by atoms with Crippen molar-refractivity contribution in [1.82, 2.24) is 59.8 Å². The van der Waals surface area contributed by atoms with Gasteiger partial charge in [-0.2, -0.15) is 9.97 Å². The van der Waals surface area contributed by atoms with E-state index >= 15 is 0 Å². The molecule has 12 rings (SSSR count). The van der Waals surface area contributed by atoms with Crippen molar-refractivity contribution in [2.45, 2.75) is 93.2 Å². The monoisotopic (exact) mass is 1550 g/mol. The average molecular weight is 1550 g/mol. The summed E-state index contributed by atoms with van der Waals surface area (Å²) in [5, 5.41) is 0. The Balaban J connectivity index is 0.000000278. The fourth-order valence-corrected chi connectivity index (χ4v) is 13.3. The molecule has 0 aliphatic carbocycles. The Labute approximate surface area is 635 Å². The maximum absolute atomic E-state index is 14.2. The Morgan fingerprint density at radius 3 is 0.918 bits per heavy atom. The molecule has 0 radical (unpaired) electrons. The van der Waals surface area contributed by atoms with E-state index in [0.29, 0.717) is 17.2 Å². The molecular formula is C77H77N15O15S3. The second-order valence-corrected chi connectivity index (χ2v) is 32.0. The zero-order valence-corrected chi connectivity index (χ0v) is 64.2. The Morgan fingerprint density at radius 1 is 0.336 bits per heavy atom. The van der Waals surface area contributed by atoms with Crippen LogP contribution in [0.4, 0.5) is 17.5 Å². The molecule has 0 aliphatic heterocycles. The zero-order chi connectivity index (χ0) is 78.6. The van der Waals surface area contributed by atoms with Gasteiger partial charge in [-0.3, -0.25) is 19.0 Å². The summed E-state index contributed by atoms with van der Waals surface area (Å²) < 4.78 is 139. The van der Waals surface area contributed by atoms with Crippen molar-refractivity contribution in [2.24, 2.45) is 0 Å². The summed E-state index contributed by atoms with van der Waals surface area (Å²) in [6.07, 6.45) is 8.83. The van der Waals surface area contributed by atoms with E-state index in [1.165, 1.54) is 94.9 Å². The van der Waals surface area contributed by atoms with Crippen LogP contribution in [0.1, 0.15) is 79.0 Å². The number of nitrogens with one attached hydrogen (secondary N) is 4. The fourth-order valence-electron chi connectivity index (χ4n) is 10.2. The highest BCUT2D eigenvalue weighted by atomic mass is 32.2. The van der Waals surface area contributed by atoms with Crippen LogP contribution in [-0.2, 0) is 46.3 Å². The predicted octanol–water partition coefficient (Wildman–Crippen LogP) is 13.6. The van der Waals surface area contributed by atoms with Crippen molar-refractivity contribution in [3.05, 3.63) is 228 Å². The third kappa shape index (κ3) is 19.1. The number of sulfonamides is 3. The topological polar surface area (TPSA) is 387 Å². The molecule has 6 heterocycles. The van der Waals surface area contributed by atoms with E-state index in [1.54, 1.807) is 127 Å². The molecule has 0 spiro atoms. The van der Waals surface area contributed by atoms with E-state index in [0.717, 1.165) is 16.7 Å². The highest BCUT2D eigenvalue weighted by Gasteiger charge is 2.31. The van der Waals surface area contributed by atoms with Gasteiger partial charge in [-0.1, -0.05) is 135 Å². The van der Waals surface area contributed by atoms with Gasteiger partial charge in [-0.05, 0) is 124 Å². The van der Waals surface area contributed by atoms with Crippen molar-refractivity contribution in [3.8, 4) is 98.5 Å². The van der Waals surface area contributed by atoms with Gasteiger partial charge in [-0.25, -0.2) is 70.1 Å². The number of benzene rings is 6. The first-order valence-electron chi connectivity index (χ1n) is 33.8. The zero-order valence-electron chi connectivity index (χ0n) is 61.7. The van der Waals surface area contributed by atoms with Crippen LogP contribution in [0, 0.1) is 0 Å². The van der Waals surface area contributed by atoms with E-state index in [9.17, 15) is 30.0 Å². The van der Waals surface area contributed by atoms with Crippen molar-refractivity contribution < 1.29 is 63.1 Å². The molecule has 33 heteroatoms. The van der Waals surface area contributed by atoms with E-state index < -0.39 is 35.6 Å². The molecule has 30 nitrogen and oxygen atoms in total. The number of para-hydroxylation sites is 6. The van der Waals surface area contributed by atoms with Gasteiger partial charge in [0.2, 0.25) is 28.9 Å². The minimum Gasteiger partial charge on any atom is -0.493 e. The molecular weight excluding hydrogens is 1470 g/mol. The van der Waals surface area contributed by atoms with Gasteiger partial charge in [0.05, 0.1) is 36.0 Å². The van der Waals surface area contributed by atoms with Gasteiger partial charge < -0.3 is 42.9 Å². The van der Waals surface area contributed by atoms with Crippen molar-refractivity contribution in [1.29, 1.82) is 0 Å². The normalized spacial score (nSPS) is 11.8. The number of hydrogen-bond acceptors (Lipinski definition) is 26. The molecule has 568 valence electrons. The first-order chi connectivity index (χ1) is 52.4. The van der Waals surface area contributed by atoms with Gasteiger partial charge in [0.25, 0.3) is 47.4 Å². The van der Waals surface area contributed by atoms with E-state index in [-0.39, 0.29) is 143 Å². The molecule has 0 bridgehead atoms. The number of methoxy groups -OCH3 is 3. The van der Waals surface area contributed by atoms with Gasteiger partial charge in [0.15, 0.2) is 75.2 Å². The summed E-state index contributed by atoms with van der Waals surface area (Å²) in [4.78, 5) is 63.5. The van der Waals surface area contributed by atoms with Crippen molar-refractivity contribution in [3.63, 3.8) is 0 Å². The highest BCUT2D eigenvalue weighted by Crippen LogP contribution is 2.45. The number of aromatic amines is 1. The molecule has 0 saturated heterocycles. The highest BCUT2D eigenvalue weighted by molar-refractivity contribution is 7.93. The lowest BCUT2D eigenvalue weighted by atomic mass is 9.87. The number of aromatic nitrogens is 12. The Kier molecular flexibility index (Phi) is 23.6. The maximum atomic E-state index is 14.2. The average Bonchev–Trinajstić information content (AvgIpc) is 1.62. The molecule has 0 aliphatic rings. The van der Waals surface area contributed by atoms with Crippen LogP contribution in [0.25, 0.3) is 34.9 Å². The predicted molar refractivity (Wildman–Crippen MR) is 410 cm³/mol. The molecule has 0 saturated carbocycles. The van der Waals surface area contributed by atoms with Crippen LogP contribution in [0.3, 0.4) is 0 Å². The lowest BCUT2D eigenvalue weighted by Gasteiger charge is -2.20. The van der Waals surface area contributed by atoms with Crippen LogP contribution >= 0.6 is 0 Å². The summed E-state index contributed by atoms with van der Waals surface area (Å²) >= 11 is 0. The van der Waals surface area contributed by atoms with Gasteiger partial charge in [0.1, 0.15) is 13.2 Å². The standard InChI is InChI=1S/C52H52N10O10S2.C25H25N5O5S/c1-51(2,3)33-19-23-35(24-20-33)73(63,64)61-43-41(71-39-17-11-9-15-37(39)67-7)49(59-47(57-43)45-53-27-13-28-54-45)69-31-32-70-50-42(72-40-18-12-10-16-38(40)68-8)44(58-48(60-50)46-55-29-14-30-56-46)62-74(65,66)36-25-21-34(22-26-36)52(4,5)6;1-25(2,3)16-10-12-17(13-11-16)36(32,33)30-21-20(35-19-9-6-5-8-18(19)34-4)24(31)29-23(28-21)22-26-14-7-15-27-22/h9-30H,31-32H2,1-8H3,(H,57,59,61)(H,58,60,62);5-15H,1-4H3,(H2,28,29,30,31). The summed E-state index contributed by atoms with van der Waals surface area (Å²) in [6, 6.07) is 44.2. The van der Waals surface area contributed by atoms with E-state index in [2.05, 4.69) is 74.0 Å². The van der Waals surface area contributed by atoms with Crippen LogP contribution in [0.2, 0.25) is 0 Å². The van der Waals surface area contributed by atoms with Crippen molar-refractivity contribution >= 4 is 47.5 Å². The van der Waals surface area contributed by atoms with Gasteiger partial charge in [-0.15, -0.1) is 0 Å².